The van der Waals surface area contributed by atoms with Crippen LogP contribution in [0.1, 0.15) is 39.5 Å². The van der Waals surface area contributed by atoms with Crippen molar-refractivity contribution in [2.75, 3.05) is 19.8 Å². The van der Waals surface area contributed by atoms with Gasteiger partial charge in [0, 0.05) is 32.6 Å². The summed E-state index contributed by atoms with van der Waals surface area (Å²) in [6.45, 7) is 4.43. The van der Waals surface area contributed by atoms with E-state index in [1.807, 2.05) is 0 Å². The molecular weight excluding hydrogens is 252 g/mol. The first-order valence-corrected chi connectivity index (χ1v) is 6.67. The minimum atomic E-state index is -1.18. The molecule has 2 rings (SSSR count). The van der Waals surface area contributed by atoms with Gasteiger partial charge in [-0.1, -0.05) is 0 Å². The number of carbonyl (C=O) groups excluding carboxylic acids is 2. The van der Waals surface area contributed by atoms with Crippen LogP contribution < -0.4 is 0 Å². The summed E-state index contributed by atoms with van der Waals surface area (Å²) in [5, 5.41) is 0. The lowest BCUT2D eigenvalue weighted by Gasteiger charge is -2.40. The number of carbonyl (C=O) groups is 2. The highest BCUT2D eigenvalue weighted by molar-refractivity contribution is 5.83. The molecule has 2 aliphatic rings. The highest BCUT2D eigenvalue weighted by atomic mass is 16.7. The lowest BCUT2D eigenvalue weighted by atomic mass is 9.81. The van der Waals surface area contributed by atoms with Gasteiger partial charge in [-0.2, -0.15) is 0 Å². The maximum atomic E-state index is 12.1. The largest absolute Gasteiger partial charge is 0.463 e. The van der Waals surface area contributed by atoms with Gasteiger partial charge in [-0.05, 0) is 6.92 Å². The van der Waals surface area contributed by atoms with E-state index in [0.717, 1.165) is 0 Å². The first kappa shape index (κ1) is 14.3. The molecule has 1 aliphatic heterocycles. The van der Waals surface area contributed by atoms with Gasteiger partial charge in [-0.3, -0.25) is 4.79 Å². The van der Waals surface area contributed by atoms with E-state index in [9.17, 15) is 9.59 Å². The Bertz CT molecular complexity index is 348. The van der Waals surface area contributed by atoms with Crippen molar-refractivity contribution in [2.45, 2.75) is 50.9 Å². The van der Waals surface area contributed by atoms with Gasteiger partial charge in [0.1, 0.15) is 0 Å². The van der Waals surface area contributed by atoms with Crippen LogP contribution in [0, 0.1) is 0 Å². The molecular formula is C13H20O6. The second kappa shape index (κ2) is 5.46. The van der Waals surface area contributed by atoms with E-state index in [4.69, 9.17) is 18.9 Å². The Morgan fingerprint density at radius 2 is 1.68 bits per heavy atom. The van der Waals surface area contributed by atoms with Crippen molar-refractivity contribution in [3.8, 4) is 0 Å². The summed E-state index contributed by atoms with van der Waals surface area (Å²) in [4.78, 5) is 23.3. The zero-order valence-electron chi connectivity index (χ0n) is 11.4. The first-order valence-electron chi connectivity index (χ1n) is 6.67. The van der Waals surface area contributed by atoms with Crippen LogP contribution in [-0.4, -0.2) is 43.1 Å². The van der Waals surface area contributed by atoms with Gasteiger partial charge in [-0.25, -0.2) is 4.79 Å². The smallest absolute Gasteiger partial charge is 0.350 e. The van der Waals surface area contributed by atoms with Crippen LogP contribution in [0.25, 0.3) is 0 Å². The molecule has 0 bridgehead atoms. The second-order valence-electron chi connectivity index (χ2n) is 4.92. The third kappa shape index (κ3) is 2.90. The molecule has 1 aliphatic carbocycles. The number of ether oxygens (including phenoxy) is 4. The molecule has 19 heavy (non-hydrogen) atoms. The fourth-order valence-corrected chi connectivity index (χ4v) is 2.71. The van der Waals surface area contributed by atoms with Crippen LogP contribution in [0.15, 0.2) is 0 Å². The third-order valence-corrected chi connectivity index (χ3v) is 3.62. The molecule has 0 unspecified atom stereocenters. The van der Waals surface area contributed by atoms with E-state index in [1.165, 1.54) is 6.92 Å². The Hall–Kier alpha value is -1.14. The van der Waals surface area contributed by atoms with Crippen molar-refractivity contribution in [1.82, 2.24) is 0 Å². The normalized spacial score (nSPS) is 24.1. The molecule has 0 amide bonds. The fraction of sp³-hybridized carbons (Fsp3) is 0.846. The highest BCUT2D eigenvalue weighted by Gasteiger charge is 2.52. The minimum absolute atomic E-state index is 0.264. The summed E-state index contributed by atoms with van der Waals surface area (Å²) in [5.74, 6) is -1.55. The van der Waals surface area contributed by atoms with Gasteiger partial charge in [-0.15, -0.1) is 0 Å². The summed E-state index contributed by atoms with van der Waals surface area (Å²) in [7, 11) is 0. The van der Waals surface area contributed by atoms with Gasteiger partial charge in [0.05, 0.1) is 19.8 Å². The zero-order valence-corrected chi connectivity index (χ0v) is 11.4. The van der Waals surface area contributed by atoms with Crippen LogP contribution in [0.2, 0.25) is 0 Å². The summed E-state index contributed by atoms with van der Waals surface area (Å²) in [6.07, 6.45) is 1.79. The Kier molecular flexibility index (Phi) is 4.10. The average molecular weight is 272 g/mol. The molecule has 1 saturated heterocycles. The van der Waals surface area contributed by atoms with Crippen molar-refractivity contribution in [2.24, 2.45) is 0 Å². The van der Waals surface area contributed by atoms with Crippen molar-refractivity contribution >= 4 is 11.9 Å². The van der Waals surface area contributed by atoms with Crippen LogP contribution in [0.5, 0.6) is 0 Å². The van der Waals surface area contributed by atoms with Gasteiger partial charge in [0.15, 0.2) is 5.79 Å². The van der Waals surface area contributed by atoms with E-state index < -0.39 is 23.3 Å². The molecule has 6 heteroatoms. The Labute approximate surface area is 112 Å². The van der Waals surface area contributed by atoms with Crippen LogP contribution in [-0.2, 0) is 28.5 Å². The number of hydrogen-bond donors (Lipinski definition) is 0. The molecule has 0 aromatic carbocycles. The van der Waals surface area contributed by atoms with Crippen molar-refractivity contribution in [1.29, 1.82) is 0 Å². The monoisotopic (exact) mass is 272 g/mol. The summed E-state index contributed by atoms with van der Waals surface area (Å²) in [6, 6.07) is 0. The number of hydrogen-bond acceptors (Lipinski definition) is 6. The van der Waals surface area contributed by atoms with Crippen LogP contribution in [0.4, 0.5) is 0 Å². The van der Waals surface area contributed by atoms with Crippen molar-refractivity contribution in [3.05, 3.63) is 0 Å². The summed E-state index contributed by atoms with van der Waals surface area (Å²) >= 11 is 0. The molecule has 0 radical (unpaired) electrons. The second-order valence-corrected chi connectivity index (χ2v) is 4.92. The quantitative estimate of drug-likeness (QED) is 0.718. The Morgan fingerprint density at radius 1 is 1.11 bits per heavy atom. The predicted octanol–water partition coefficient (Wildman–Crippen LogP) is 1.17. The van der Waals surface area contributed by atoms with Crippen molar-refractivity contribution in [3.63, 3.8) is 0 Å². The predicted molar refractivity (Wildman–Crippen MR) is 64.2 cm³/mol. The Balaban J connectivity index is 2.08. The maximum absolute atomic E-state index is 12.1. The lowest BCUT2D eigenvalue weighted by Crippen LogP contribution is -2.51. The number of esters is 2. The van der Waals surface area contributed by atoms with Gasteiger partial charge in [0.25, 0.3) is 0 Å². The van der Waals surface area contributed by atoms with Crippen LogP contribution >= 0.6 is 0 Å². The lowest BCUT2D eigenvalue weighted by molar-refractivity contribution is -0.219. The molecule has 6 nitrogen and oxygen atoms in total. The Morgan fingerprint density at radius 3 is 2.16 bits per heavy atom. The zero-order chi connectivity index (χ0) is 13.9. The average Bonchev–Trinajstić information content (AvgIpc) is 2.81. The molecule has 0 aromatic rings. The van der Waals surface area contributed by atoms with E-state index >= 15 is 0 Å². The third-order valence-electron chi connectivity index (χ3n) is 3.62. The fourth-order valence-electron chi connectivity index (χ4n) is 2.71. The van der Waals surface area contributed by atoms with E-state index in [0.29, 0.717) is 38.9 Å². The summed E-state index contributed by atoms with van der Waals surface area (Å²) < 4.78 is 21.5. The topological polar surface area (TPSA) is 71.1 Å². The highest BCUT2D eigenvalue weighted by Crippen LogP contribution is 2.42. The molecule has 108 valence electrons. The molecule has 1 heterocycles. The molecule has 2 fully saturated rings. The van der Waals surface area contributed by atoms with E-state index in [2.05, 4.69) is 0 Å². The van der Waals surface area contributed by atoms with Crippen molar-refractivity contribution < 1.29 is 28.5 Å². The standard InChI is InChI=1S/C13H20O6/c1-3-16-11(15)12(19-10(2)14)4-6-13(7-5-12)17-8-9-18-13/h3-9H2,1-2H3. The molecule has 0 aromatic heterocycles. The molecule has 1 saturated carbocycles. The first-order chi connectivity index (χ1) is 9.02. The van der Waals surface area contributed by atoms with Gasteiger partial charge < -0.3 is 18.9 Å². The maximum Gasteiger partial charge on any atom is 0.350 e. The van der Waals surface area contributed by atoms with E-state index in [1.54, 1.807) is 6.92 Å². The minimum Gasteiger partial charge on any atom is -0.463 e. The molecule has 0 atom stereocenters. The molecule has 0 N–H and O–H groups in total. The van der Waals surface area contributed by atoms with Crippen LogP contribution in [0.3, 0.4) is 0 Å². The SMILES string of the molecule is CCOC(=O)C1(OC(C)=O)CCC2(CC1)OCCO2. The van der Waals surface area contributed by atoms with Gasteiger partial charge in [0.2, 0.25) is 5.60 Å². The van der Waals surface area contributed by atoms with Gasteiger partial charge >= 0.3 is 11.9 Å². The number of rotatable bonds is 3. The molecule has 1 spiro atoms. The summed E-state index contributed by atoms with van der Waals surface area (Å²) in [5.41, 5.74) is -1.18. The van der Waals surface area contributed by atoms with E-state index in [-0.39, 0.29) is 6.61 Å².